The molecular weight excluding hydrogens is 270 g/mol. The lowest BCUT2D eigenvalue weighted by Crippen LogP contribution is -2.07. The van der Waals surface area contributed by atoms with Gasteiger partial charge in [-0.15, -0.1) is 0 Å². The number of nitro groups is 1. The molecule has 6 nitrogen and oxygen atoms in total. The maximum atomic E-state index is 13.7. The molecule has 0 fully saturated rings. The maximum absolute atomic E-state index is 13.7. The molecule has 0 amide bonds. The van der Waals surface area contributed by atoms with Crippen molar-refractivity contribution in [2.45, 2.75) is 13.5 Å². The summed E-state index contributed by atoms with van der Waals surface area (Å²) in [6.45, 7) is 1.92. The Bertz CT molecular complexity index is 670. The molecule has 0 saturated carbocycles. The van der Waals surface area contributed by atoms with E-state index in [1.165, 1.54) is 0 Å². The van der Waals surface area contributed by atoms with E-state index in [1.54, 1.807) is 24.9 Å². The van der Waals surface area contributed by atoms with E-state index in [1.807, 2.05) is 0 Å². The summed E-state index contributed by atoms with van der Waals surface area (Å²) in [7, 11) is 1.74. The van der Waals surface area contributed by atoms with Crippen LogP contribution in [0.25, 0.3) is 0 Å². The first-order valence-corrected chi connectivity index (χ1v) is 5.75. The first kappa shape index (κ1) is 13.9. The summed E-state index contributed by atoms with van der Waals surface area (Å²) in [4.78, 5) is 10.1. The van der Waals surface area contributed by atoms with Crippen LogP contribution < -0.4 is 5.32 Å². The molecule has 0 aliphatic heterocycles. The number of hydrogen-bond donors (Lipinski definition) is 1. The molecular formula is C12H12F2N4O2. The van der Waals surface area contributed by atoms with Gasteiger partial charge in [0, 0.05) is 30.9 Å². The van der Waals surface area contributed by atoms with Crippen molar-refractivity contribution in [3.05, 3.63) is 51.3 Å². The van der Waals surface area contributed by atoms with Crippen LogP contribution in [0.3, 0.4) is 0 Å². The summed E-state index contributed by atoms with van der Waals surface area (Å²) in [5.41, 5.74) is 0.603. The first-order chi connectivity index (χ1) is 9.41. The van der Waals surface area contributed by atoms with Crippen LogP contribution in [0, 0.1) is 28.7 Å². The van der Waals surface area contributed by atoms with Crippen molar-refractivity contribution in [1.29, 1.82) is 0 Å². The smallest absolute Gasteiger partial charge is 0.295 e. The molecule has 0 radical (unpaired) electrons. The maximum Gasteiger partial charge on any atom is 0.295 e. The van der Waals surface area contributed by atoms with Crippen molar-refractivity contribution < 1.29 is 13.7 Å². The Morgan fingerprint density at radius 2 is 2.15 bits per heavy atom. The molecule has 20 heavy (non-hydrogen) atoms. The summed E-state index contributed by atoms with van der Waals surface area (Å²) >= 11 is 0. The third-order valence-corrected chi connectivity index (χ3v) is 3.06. The van der Waals surface area contributed by atoms with Gasteiger partial charge in [-0.2, -0.15) is 5.10 Å². The van der Waals surface area contributed by atoms with E-state index in [0.717, 1.165) is 23.4 Å². The average molecular weight is 282 g/mol. The molecule has 2 rings (SSSR count). The largest absolute Gasteiger partial charge is 0.373 e. The van der Waals surface area contributed by atoms with Gasteiger partial charge in [-0.1, -0.05) is 0 Å². The Labute approximate surface area is 113 Å². The zero-order valence-electron chi connectivity index (χ0n) is 10.9. The number of nitrogens with one attached hydrogen (secondary N) is 1. The molecule has 1 heterocycles. The van der Waals surface area contributed by atoms with Gasteiger partial charge < -0.3 is 5.32 Å². The Morgan fingerprint density at radius 3 is 2.70 bits per heavy atom. The average Bonchev–Trinajstić information content (AvgIpc) is 2.71. The molecule has 0 unspecified atom stereocenters. The highest BCUT2D eigenvalue weighted by Crippen LogP contribution is 2.29. The SMILES string of the molecule is Cc1c(CNc2c([N+](=O)[O-])ccc(F)c2F)cnn1C. The second-order valence-electron chi connectivity index (χ2n) is 4.24. The molecule has 1 N–H and O–H groups in total. The van der Waals surface area contributed by atoms with E-state index in [0.29, 0.717) is 0 Å². The summed E-state index contributed by atoms with van der Waals surface area (Å²) in [5.74, 6) is -2.40. The van der Waals surface area contributed by atoms with E-state index in [4.69, 9.17) is 0 Å². The van der Waals surface area contributed by atoms with E-state index in [-0.39, 0.29) is 6.54 Å². The zero-order valence-corrected chi connectivity index (χ0v) is 10.9. The zero-order chi connectivity index (χ0) is 14.9. The lowest BCUT2D eigenvalue weighted by molar-refractivity contribution is -0.384. The van der Waals surface area contributed by atoms with Crippen LogP contribution in [0.5, 0.6) is 0 Å². The van der Waals surface area contributed by atoms with Crippen LogP contribution in [0.2, 0.25) is 0 Å². The van der Waals surface area contributed by atoms with Gasteiger partial charge >= 0.3 is 0 Å². The predicted octanol–water partition coefficient (Wildman–Crippen LogP) is 2.53. The van der Waals surface area contributed by atoms with Gasteiger partial charge in [0.25, 0.3) is 5.69 Å². The minimum absolute atomic E-state index is 0.112. The minimum Gasteiger partial charge on any atom is -0.373 e. The fraction of sp³-hybridized carbons (Fsp3) is 0.250. The Morgan fingerprint density at radius 1 is 1.45 bits per heavy atom. The number of anilines is 1. The van der Waals surface area contributed by atoms with Crippen molar-refractivity contribution in [2.24, 2.45) is 7.05 Å². The molecule has 1 aromatic carbocycles. The van der Waals surface area contributed by atoms with Gasteiger partial charge in [-0.3, -0.25) is 14.8 Å². The van der Waals surface area contributed by atoms with Gasteiger partial charge in [-0.05, 0) is 13.0 Å². The summed E-state index contributed by atoms with van der Waals surface area (Å²) in [5, 5.41) is 17.4. The fourth-order valence-electron chi connectivity index (χ4n) is 1.76. The highest BCUT2D eigenvalue weighted by atomic mass is 19.2. The number of halogens is 2. The van der Waals surface area contributed by atoms with Gasteiger partial charge in [-0.25, -0.2) is 8.78 Å². The van der Waals surface area contributed by atoms with Crippen molar-refractivity contribution in [3.63, 3.8) is 0 Å². The quantitative estimate of drug-likeness (QED) is 0.690. The summed E-state index contributed by atoms with van der Waals surface area (Å²) in [6.07, 6.45) is 1.56. The van der Waals surface area contributed by atoms with E-state index >= 15 is 0 Å². The first-order valence-electron chi connectivity index (χ1n) is 5.75. The predicted molar refractivity (Wildman–Crippen MR) is 68.3 cm³/mol. The molecule has 0 bridgehead atoms. The van der Waals surface area contributed by atoms with Gasteiger partial charge in [0.05, 0.1) is 11.1 Å². The number of nitrogens with zero attached hydrogens (tertiary/aromatic N) is 3. The van der Waals surface area contributed by atoms with Gasteiger partial charge in [0.1, 0.15) is 0 Å². The van der Waals surface area contributed by atoms with Gasteiger partial charge in [0.15, 0.2) is 17.3 Å². The number of benzene rings is 1. The fourth-order valence-corrected chi connectivity index (χ4v) is 1.76. The molecule has 0 aliphatic carbocycles. The number of aryl methyl sites for hydroxylation is 1. The molecule has 1 aromatic heterocycles. The molecule has 0 aliphatic rings. The Hall–Kier alpha value is -2.51. The normalized spacial score (nSPS) is 10.6. The highest BCUT2D eigenvalue weighted by Gasteiger charge is 2.21. The van der Waals surface area contributed by atoms with E-state index in [2.05, 4.69) is 10.4 Å². The van der Waals surface area contributed by atoms with Crippen LogP contribution in [-0.2, 0) is 13.6 Å². The van der Waals surface area contributed by atoms with E-state index in [9.17, 15) is 18.9 Å². The Kier molecular flexibility index (Phi) is 3.64. The van der Waals surface area contributed by atoms with Crippen molar-refractivity contribution in [3.8, 4) is 0 Å². The van der Waals surface area contributed by atoms with E-state index < -0.39 is 27.9 Å². The number of rotatable bonds is 4. The van der Waals surface area contributed by atoms with Crippen LogP contribution in [0.15, 0.2) is 18.3 Å². The molecule has 0 spiro atoms. The second kappa shape index (κ2) is 5.24. The topological polar surface area (TPSA) is 73.0 Å². The third kappa shape index (κ3) is 2.44. The van der Waals surface area contributed by atoms with Crippen LogP contribution in [-0.4, -0.2) is 14.7 Å². The summed E-state index contributed by atoms with van der Waals surface area (Å²) in [6, 6.07) is 1.66. The van der Waals surface area contributed by atoms with Crippen LogP contribution in [0.4, 0.5) is 20.2 Å². The molecule has 0 saturated heterocycles. The molecule has 8 heteroatoms. The number of hydrogen-bond acceptors (Lipinski definition) is 4. The van der Waals surface area contributed by atoms with Crippen LogP contribution >= 0.6 is 0 Å². The monoisotopic (exact) mass is 282 g/mol. The number of nitro benzene ring substituents is 1. The third-order valence-electron chi connectivity index (χ3n) is 3.06. The lowest BCUT2D eigenvalue weighted by Gasteiger charge is -2.08. The van der Waals surface area contributed by atoms with Crippen molar-refractivity contribution >= 4 is 11.4 Å². The highest BCUT2D eigenvalue weighted by molar-refractivity contribution is 5.62. The summed E-state index contributed by atoms with van der Waals surface area (Å²) < 4.78 is 28.5. The minimum atomic E-state index is -1.26. The van der Waals surface area contributed by atoms with Crippen LogP contribution in [0.1, 0.15) is 11.3 Å². The Balaban J connectivity index is 2.31. The lowest BCUT2D eigenvalue weighted by atomic mass is 10.2. The molecule has 0 atom stereocenters. The molecule has 2 aromatic rings. The van der Waals surface area contributed by atoms with Crippen molar-refractivity contribution in [1.82, 2.24) is 9.78 Å². The van der Waals surface area contributed by atoms with Gasteiger partial charge in [0.2, 0.25) is 0 Å². The number of aromatic nitrogens is 2. The standard InChI is InChI=1S/C12H12F2N4O2/c1-7-8(6-16-17(7)2)5-15-12-10(18(19)20)4-3-9(13)11(12)14/h3-4,6,15H,5H2,1-2H3. The molecule has 106 valence electrons. The van der Waals surface area contributed by atoms with Crippen molar-refractivity contribution in [2.75, 3.05) is 5.32 Å². The second-order valence-corrected chi connectivity index (χ2v) is 4.24.